The molecule has 0 saturated carbocycles. The molecule has 0 amide bonds. The van der Waals surface area contributed by atoms with Gasteiger partial charge in [0.25, 0.3) is 9.12 Å². The molecule has 5 heavy (non-hydrogen) atoms. The van der Waals surface area contributed by atoms with Crippen LogP contribution in [0.25, 0.3) is 0 Å². The molecule has 0 spiro atoms. The van der Waals surface area contributed by atoms with Gasteiger partial charge in [-0.05, 0) is 11.0 Å². The fraction of sp³-hybridized carbons (Fsp3) is 0. The van der Waals surface area contributed by atoms with E-state index in [1.165, 1.54) is 0 Å². The molecule has 0 aliphatic rings. The summed E-state index contributed by atoms with van der Waals surface area (Å²) in [7, 11) is 2.28. The van der Waals surface area contributed by atoms with E-state index < -0.39 is 0 Å². The maximum absolute atomic E-state index is 7.94. The molecule has 0 atom stereocenters. The monoisotopic (exact) mass is 157 g/mol. The standard InChI is InChI=1S/Al.OP.H4Si.Ti.3H/c;1-2;;;;;/h;;1H4;;;;. The summed E-state index contributed by atoms with van der Waals surface area (Å²) in [6, 6.07) is 0. The molecule has 0 rings (SSSR count). The van der Waals surface area contributed by atoms with Crippen LogP contribution in [0.3, 0.4) is 0 Å². The van der Waals surface area contributed by atoms with Gasteiger partial charge in [0.2, 0.25) is 0 Å². The second-order valence-electron chi connectivity index (χ2n) is 0. The van der Waals surface area contributed by atoms with E-state index >= 15 is 0 Å². The molecule has 0 aromatic carbocycles. The average molecular weight is 157 g/mol. The minimum Gasteiger partial charge on any atom is -0.261 e. The largest absolute Gasteiger partial charge is 0.261 e. The molecule has 5 heteroatoms. The van der Waals surface area contributed by atoms with Gasteiger partial charge in [0.1, 0.15) is 0 Å². The fourth-order valence-electron chi connectivity index (χ4n) is 0. The topological polar surface area (TPSA) is 17.1 Å². The first kappa shape index (κ1) is 30.9. The predicted octanol–water partition coefficient (Wildman–Crippen LogP) is -1.90. The summed E-state index contributed by atoms with van der Waals surface area (Å²) in [5.41, 5.74) is 0. The zero-order valence-corrected chi connectivity index (χ0v) is 3.81. The van der Waals surface area contributed by atoms with E-state index in [4.69, 9.17) is 4.57 Å². The van der Waals surface area contributed by atoms with E-state index in [0.29, 0.717) is 0 Å². The van der Waals surface area contributed by atoms with Gasteiger partial charge in [-0.2, -0.15) is 0 Å². The van der Waals surface area contributed by atoms with Crippen molar-refractivity contribution < 1.29 is 26.3 Å². The third-order valence-corrected chi connectivity index (χ3v) is 0. The molecule has 0 aromatic rings. The Morgan fingerprint density at radius 2 is 1.20 bits per heavy atom. The first-order valence-electron chi connectivity index (χ1n) is 0.183. The summed E-state index contributed by atoms with van der Waals surface area (Å²) in [5.74, 6) is 0. The van der Waals surface area contributed by atoms with Crippen LogP contribution in [0.1, 0.15) is 0 Å². The van der Waals surface area contributed by atoms with Crippen molar-refractivity contribution in [2.45, 2.75) is 0 Å². The zero-order valence-electron chi connectivity index (χ0n) is 1.36. The van der Waals surface area contributed by atoms with E-state index in [9.17, 15) is 0 Å². The van der Waals surface area contributed by atoms with Crippen molar-refractivity contribution in [1.82, 2.24) is 0 Å². The van der Waals surface area contributed by atoms with Gasteiger partial charge in [0, 0.05) is 21.7 Å². The van der Waals surface area contributed by atoms with E-state index in [1.54, 1.807) is 0 Å². The Bertz CT molecular complexity index is 11.6. The van der Waals surface area contributed by atoms with Gasteiger partial charge >= 0.3 is 0 Å². The van der Waals surface area contributed by atoms with Crippen LogP contribution in [0, 0.1) is 0 Å². The van der Waals surface area contributed by atoms with E-state index in [1.807, 2.05) is 0 Å². The van der Waals surface area contributed by atoms with Crippen LogP contribution in [0.2, 0.25) is 0 Å². The number of rotatable bonds is 0. The first-order valence-corrected chi connectivity index (χ1v) is 0.548. The Morgan fingerprint density at radius 1 is 1.20 bits per heavy atom. The van der Waals surface area contributed by atoms with Crippen LogP contribution in [-0.4, -0.2) is 28.3 Å². The molecular weight excluding hydrogens is 150 g/mol. The van der Waals surface area contributed by atoms with Gasteiger partial charge in [-0.1, -0.05) is 0 Å². The van der Waals surface area contributed by atoms with Gasteiger partial charge in [-0.15, -0.1) is 0 Å². The normalized spacial score (nSPS) is 0.800. The van der Waals surface area contributed by atoms with Crippen molar-refractivity contribution >= 4 is 37.4 Å². The van der Waals surface area contributed by atoms with Crippen LogP contribution in [0.15, 0.2) is 0 Å². The Balaban J connectivity index is -0.00000000167. The smallest absolute Gasteiger partial charge is 0.261 e. The Hall–Kier alpha value is 1.56. The van der Waals surface area contributed by atoms with Crippen LogP contribution in [0.5, 0.6) is 0 Å². The maximum atomic E-state index is 7.94. The minimum absolute atomic E-state index is 0. The van der Waals surface area contributed by atoms with Gasteiger partial charge < -0.3 is 0 Å². The number of hydrogen-bond donors (Lipinski definition) is 0. The Morgan fingerprint density at radius 3 is 1.20 bits per heavy atom. The first-order chi connectivity index (χ1) is 1.00. The SMILES string of the molecule is O=[P].[AlH3].[SiH4].[Ti]. The van der Waals surface area contributed by atoms with Crippen molar-refractivity contribution in [2.75, 3.05) is 0 Å². The molecule has 0 heterocycles. The fourth-order valence-corrected chi connectivity index (χ4v) is 0. The third-order valence-electron chi connectivity index (χ3n) is 0. The summed E-state index contributed by atoms with van der Waals surface area (Å²) in [6.45, 7) is 0. The third kappa shape index (κ3) is 28.9. The summed E-state index contributed by atoms with van der Waals surface area (Å²) in [4.78, 5) is 0. The Labute approximate surface area is 63.6 Å². The molecule has 0 unspecified atom stereocenters. The van der Waals surface area contributed by atoms with Crippen molar-refractivity contribution in [3.05, 3.63) is 0 Å². The molecule has 0 fully saturated rings. The van der Waals surface area contributed by atoms with Crippen molar-refractivity contribution in [3.8, 4) is 0 Å². The van der Waals surface area contributed by atoms with E-state index in [-0.39, 0.29) is 50.0 Å². The van der Waals surface area contributed by atoms with Crippen LogP contribution >= 0.6 is 9.12 Å². The molecule has 1 radical (unpaired) electrons. The molecule has 29 valence electrons. The quantitative estimate of drug-likeness (QED) is 0.296. The summed E-state index contributed by atoms with van der Waals surface area (Å²) < 4.78 is 7.94. The van der Waals surface area contributed by atoms with Crippen molar-refractivity contribution in [1.29, 1.82) is 0 Å². The summed E-state index contributed by atoms with van der Waals surface area (Å²) in [5, 5.41) is 0. The number of hydrogen-bond acceptors (Lipinski definition) is 1. The van der Waals surface area contributed by atoms with Gasteiger partial charge in [-0.25, -0.2) is 0 Å². The summed E-state index contributed by atoms with van der Waals surface area (Å²) >= 11 is 0. The van der Waals surface area contributed by atoms with Gasteiger partial charge in [-0.3, -0.25) is 4.57 Å². The molecule has 0 bridgehead atoms. The predicted molar refractivity (Wildman–Crippen MR) is 28.9 cm³/mol. The second-order valence-corrected chi connectivity index (χ2v) is 0. The summed E-state index contributed by atoms with van der Waals surface area (Å²) in [6.07, 6.45) is 0. The van der Waals surface area contributed by atoms with Crippen LogP contribution < -0.4 is 0 Å². The molecule has 0 N–H and O–H groups in total. The zero-order chi connectivity index (χ0) is 2.00. The second kappa shape index (κ2) is 47.4. The average Bonchev–Trinajstić information content (AvgIpc) is 1.00. The van der Waals surface area contributed by atoms with Crippen LogP contribution in [0.4, 0.5) is 0 Å². The van der Waals surface area contributed by atoms with Crippen LogP contribution in [-0.2, 0) is 26.3 Å². The molecule has 0 aromatic heterocycles. The molecule has 0 aliphatic carbocycles. The Kier molecular flexibility index (Phi) is 293. The molecular formula is H7AlOPSiTi. The molecule has 0 saturated heterocycles. The minimum atomic E-state index is 0. The molecule has 0 aliphatic heterocycles. The molecule has 1 nitrogen and oxygen atoms in total. The van der Waals surface area contributed by atoms with E-state index in [2.05, 4.69) is 9.12 Å². The van der Waals surface area contributed by atoms with E-state index in [0.717, 1.165) is 0 Å². The van der Waals surface area contributed by atoms with Crippen molar-refractivity contribution in [3.63, 3.8) is 0 Å². The maximum Gasteiger partial charge on any atom is 0.261 e. The van der Waals surface area contributed by atoms with Gasteiger partial charge in [0.15, 0.2) is 17.4 Å². The van der Waals surface area contributed by atoms with Crippen molar-refractivity contribution in [2.24, 2.45) is 0 Å². The van der Waals surface area contributed by atoms with Gasteiger partial charge in [0.05, 0.1) is 0 Å².